The van der Waals surface area contributed by atoms with Gasteiger partial charge in [0.2, 0.25) is 0 Å². The van der Waals surface area contributed by atoms with E-state index >= 15 is 0 Å². The summed E-state index contributed by atoms with van der Waals surface area (Å²) in [5, 5.41) is 1.62. The second-order valence-electron chi connectivity index (χ2n) is 2.74. The van der Waals surface area contributed by atoms with Crippen molar-refractivity contribution in [3.8, 4) is 0 Å². The second-order valence-corrected chi connectivity index (χ2v) is 2.74. The van der Waals surface area contributed by atoms with E-state index in [1.54, 1.807) is 6.07 Å². The van der Waals surface area contributed by atoms with Gasteiger partial charge in [-0.1, -0.05) is 12.1 Å². The summed E-state index contributed by atoms with van der Waals surface area (Å²) in [6.45, 7) is 1.97. The largest absolute Gasteiger partial charge is 0.431 e. The Morgan fingerprint density at radius 1 is 1.17 bits per heavy atom. The van der Waals surface area contributed by atoms with Crippen molar-refractivity contribution in [2.24, 2.45) is 0 Å². The summed E-state index contributed by atoms with van der Waals surface area (Å²) in [5.74, 6) is 0. The lowest BCUT2D eigenvalue weighted by Crippen LogP contribution is -1.97. The van der Waals surface area contributed by atoms with Gasteiger partial charge in [0.15, 0.2) is 0 Å². The van der Waals surface area contributed by atoms with Crippen LogP contribution in [-0.4, -0.2) is 0 Å². The summed E-state index contributed by atoms with van der Waals surface area (Å²) in [5.41, 5.74) is 0.830. The molecule has 0 radical (unpaired) electrons. The molecule has 0 aliphatic rings. The third-order valence-electron chi connectivity index (χ3n) is 1.95. The minimum absolute atomic E-state index is 0.267. The van der Waals surface area contributed by atoms with Crippen LogP contribution in [0.2, 0.25) is 0 Å². The number of benzene rings is 1. The minimum Gasteiger partial charge on any atom is -0.431 e. The van der Waals surface area contributed by atoms with Gasteiger partial charge in [-0.3, -0.25) is 0 Å². The van der Waals surface area contributed by atoms with Crippen molar-refractivity contribution in [3.05, 3.63) is 46.5 Å². The molecule has 12 heavy (non-hydrogen) atoms. The Balaban J connectivity index is 3.05. The lowest BCUT2D eigenvalue weighted by Gasteiger charge is -1.97. The van der Waals surface area contributed by atoms with Gasteiger partial charge in [0.05, 0.1) is 11.6 Å². The first-order valence-corrected chi connectivity index (χ1v) is 3.76. The smallest absolute Gasteiger partial charge is 0.343 e. The van der Waals surface area contributed by atoms with E-state index in [1.165, 1.54) is 6.26 Å². The predicted octanol–water partition coefficient (Wildman–Crippen LogP) is 2.10. The highest BCUT2D eigenvalue weighted by Gasteiger charge is 1.99. The highest BCUT2D eigenvalue weighted by Crippen LogP contribution is 2.13. The fourth-order valence-corrected chi connectivity index (χ4v) is 1.31. The molecule has 0 atom stereocenters. The average molecular weight is 160 g/mol. The summed E-state index contributed by atoms with van der Waals surface area (Å²) in [7, 11) is 0. The van der Waals surface area contributed by atoms with E-state index < -0.39 is 0 Å². The summed E-state index contributed by atoms with van der Waals surface area (Å²) >= 11 is 0. The molecular weight excluding hydrogens is 152 g/mol. The molecule has 2 heteroatoms. The molecule has 0 saturated carbocycles. The van der Waals surface area contributed by atoms with Crippen molar-refractivity contribution in [2.45, 2.75) is 6.92 Å². The molecule has 2 aromatic rings. The Morgan fingerprint density at radius 2 is 2.00 bits per heavy atom. The molecule has 2 rings (SSSR count). The quantitative estimate of drug-likeness (QED) is 0.590. The van der Waals surface area contributed by atoms with Crippen LogP contribution in [0.5, 0.6) is 0 Å². The fourth-order valence-electron chi connectivity index (χ4n) is 1.31. The maximum absolute atomic E-state index is 11.2. The SMILES string of the molecule is Cc1cccc2c(=O)occc12. The summed E-state index contributed by atoms with van der Waals surface area (Å²) in [6, 6.07) is 7.41. The average Bonchev–Trinajstić information content (AvgIpc) is 2.07. The van der Waals surface area contributed by atoms with Crippen LogP contribution >= 0.6 is 0 Å². The first kappa shape index (κ1) is 7.10. The van der Waals surface area contributed by atoms with E-state index in [0.29, 0.717) is 5.39 Å². The van der Waals surface area contributed by atoms with Crippen molar-refractivity contribution in [1.29, 1.82) is 0 Å². The Bertz CT molecular complexity index is 468. The molecule has 1 aromatic heterocycles. The Hall–Kier alpha value is -1.57. The molecule has 0 aliphatic carbocycles. The van der Waals surface area contributed by atoms with Gasteiger partial charge in [0.25, 0.3) is 0 Å². The van der Waals surface area contributed by atoms with E-state index in [4.69, 9.17) is 4.42 Å². The number of aryl methyl sites for hydroxylation is 1. The minimum atomic E-state index is -0.267. The summed E-state index contributed by atoms with van der Waals surface area (Å²) < 4.78 is 4.74. The molecule has 60 valence electrons. The maximum atomic E-state index is 11.2. The normalized spacial score (nSPS) is 10.4. The van der Waals surface area contributed by atoms with Gasteiger partial charge in [-0.25, -0.2) is 4.79 Å². The van der Waals surface area contributed by atoms with E-state index in [0.717, 1.165) is 10.9 Å². The Morgan fingerprint density at radius 3 is 2.75 bits per heavy atom. The zero-order valence-corrected chi connectivity index (χ0v) is 6.70. The molecule has 0 spiro atoms. The van der Waals surface area contributed by atoms with Gasteiger partial charge in [-0.15, -0.1) is 0 Å². The van der Waals surface area contributed by atoms with Gasteiger partial charge >= 0.3 is 5.63 Å². The lowest BCUT2D eigenvalue weighted by atomic mass is 10.1. The summed E-state index contributed by atoms with van der Waals surface area (Å²) in [6.07, 6.45) is 1.43. The van der Waals surface area contributed by atoms with Crippen molar-refractivity contribution in [1.82, 2.24) is 0 Å². The molecule has 1 heterocycles. The standard InChI is InChI=1S/C10H8O2/c1-7-3-2-4-9-8(7)5-6-12-10(9)11/h2-6H,1H3. The molecule has 0 saturated heterocycles. The number of hydrogen-bond donors (Lipinski definition) is 0. The van der Waals surface area contributed by atoms with E-state index in [1.807, 2.05) is 25.1 Å². The van der Waals surface area contributed by atoms with Crippen molar-refractivity contribution in [2.75, 3.05) is 0 Å². The topological polar surface area (TPSA) is 30.2 Å². The second kappa shape index (κ2) is 2.48. The Labute approximate surface area is 69.4 Å². The third kappa shape index (κ3) is 0.925. The fraction of sp³-hybridized carbons (Fsp3) is 0.100. The highest BCUT2D eigenvalue weighted by atomic mass is 16.4. The van der Waals surface area contributed by atoms with Crippen molar-refractivity contribution in [3.63, 3.8) is 0 Å². The van der Waals surface area contributed by atoms with E-state index in [9.17, 15) is 4.79 Å². The first-order chi connectivity index (χ1) is 5.79. The van der Waals surface area contributed by atoms with Crippen LogP contribution in [-0.2, 0) is 0 Å². The van der Waals surface area contributed by atoms with Gasteiger partial charge in [-0.2, -0.15) is 0 Å². The number of rotatable bonds is 0. The number of hydrogen-bond acceptors (Lipinski definition) is 2. The predicted molar refractivity (Wildman–Crippen MR) is 47.2 cm³/mol. The van der Waals surface area contributed by atoms with Gasteiger partial charge in [-0.05, 0) is 30.0 Å². The molecule has 0 amide bonds. The molecule has 0 fully saturated rings. The number of fused-ring (bicyclic) bond motifs is 1. The van der Waals surface area contributed by atoms with E-state index in [-0.39, 0.29) is 5.63 Å². The van der Waals surface area contributed by atoms with Crippen molar-refractivity contribution >= 4 is 10.8 Å². The molecule has 0 N–H and O–H groups in total. The zero-order chi connectivity index (χ0) is 8.55. The van der Waals surface area contributed by atoms with Crippen LogP contribution in [0.25, 0.3) is 10.8 Å². The van der Waals surface area contributed by atoms with E-state index in [2.05, 4.69) is 0 Å². The van der Waals surface area contributed by atoms with Crippen LogP contribution in [0.3, 0.4) is 0 Å². The molecular formula is C10H8O2. The van der Waals surface area contributed by atoms with Crippen LogP contribution in [0, 0.1) is 6.92 Å². The maximum Gasteiger partial charge on any atom is 0.343 e. The molecule has 2 nitrogen and oxygen atoms in total. The van der Waals surface area contributed by atoms with Gasteiger partial charge in [0.1, 0.15) is 0 Å². The Kier molecular flexibility index (Phi) is 1.47. The van der Waals surface area contributed by atoms with Crippen LogP contribution in [0.1, 0.15) is 5.56 Å². The van der Waals surface area contributed by atoms with Crippen molar-refractivity contribution < 1.29 is 4.42 Å². The van der Waals surface area contributed by atoms with Gasteiger partial charge in [0, 0.05) is 0 Å². The van der Waals surface area contributed by atoms with Gasteiger partial charge < -0.3 is 4.42 Å². The summed E-state index contributed by atoms with van der Waals surface area (Å²) in [4.78, 5) is 11.2. The van der Waals surface area contributed by atoms with Crippen LogP contribution in [0.15, 0.2) is 39.7 Å². The highest BCUT2D eigenvalue weighted by molar-refractivity contribution is 5.83. The molecule has 0 bridgehead atoms. The van der Waals surface area contributed by atoms with Crippen LogP contribution < -0.4 is 5.63 Å². The lowest BCUT2D eigenvalue weighted by molar-refractivity contribution is 0.519. The first-order valence-electron chi connectivity index (χ1n) is 3.76. The monoisotopic (exact) mass is 160 g/mol. The molecule has 1 aromatic carbocycles. The zero-order valence-electron chi connectivity index (χ0n) is 6.70. The molecule has 0 unspecified atom stereocenters. The third-order valence-corrected chi connectivity index (χ3v) is 1.95. The van der Waals surface area contributed by atoms with Crippen LogP contribution in [0.4, 0.5) is 0 Å². The molecule has 0 aliphatic heterocycles.